The van der Waals surface area contributed by atoms with Crippen molar-refractivity contribution in [3.63, 3.8) is 0 Å². The number of hydrogen-bond donors (Lipinski definition) is 1. The Hall–Kier alpha value is -2.53. The van der Waals surface area contributed by atoms with Crippen LogP contribution >= 0.6 is 11.6 Å². The van der Waals surface area contributed by atoms with Gasteiger partial charge in [-0.1, -0.05) is 29.8 Å². The molecule has 2 aromatic carbocycles. The van der Waals surface area contributed by atoms with Crippen molar-refractivity contribution in [3.8, 4) is 0 Å². The quantitative estimate of drug-likeness (QED) is 0.823. The van der Waals surface area contributed by atoms with Gasteiger partial charge < -0.3 is 15.1 Å². The summed E-state index contributed by atoms with van der Waals surface area (Å²) in [5.41, 5.74) is 0.942. The summed E-state index contributed by atoms with van der Waals surface area (Å²) in [6.45, 7) is 2.85. The fourth-order valence-corrected chi connectivity index (χ4v) is 3.68. The van der Waals surface area contributed by atoms with Gasteiger partial charge in [-0.3, -0.25) is 9.59 Å². The Bertz CT molecular complexity index is 826. The van der Waals surface area contributed by atoms with Gasteiger partial charge in [-0.05, 0) is 49.2 Å². The van der Waals surface area contributed by atoms with Crippen LogP contribution in [-0.4, -0.2) is 42.9 Å². The maximum absolute atomic E-state index is 13.0. The Morgan fingerprint density at radius 3 is 2.11 bits per heavy atom. The standard InChI is InChI=1S/C21H22ClN3O2/c22-16-6-8-17(9-7-16)23-19(26)21(10-11-21)20(27)25-14-12-24(13-15-25)18-4-2-1-3-5-18/h1-9H,10-15H2,(H,23,26). The highest BCUT2D eigenvalue weighted by atomic mass is 35.5. The fourth-order valence-electron chi connectivity index (χ4n) is 3.56. The third kappa shape index (κ3) is 3.65. The number of rotatable bonds is 4. The molecular weight excluding hydrogens is 362 g/mol. The van der Waals surface area contributed by atoms with E-state index in [-0.39, 0.29) is 11.8 Å². The monoisotopic (exact) mass is 383 g/mol. The second kappa shape index (κ2) is 7.24. The molecule has 2 aliphatic rings. The van der Waals surface area contributed by atoms with Gasteiger partial charge in [0.15, 0.2) is 0 Å². The van der Waals surface area contributed by atoms with E-state index in [9.17, 15) is 9.59 Å². The number of amides is 2. The molecule has 1 saturated heterocycles. The Morgan fingerprint density at radius 1 is 0.889 bits per heavy atom. The molecule has 1 heterocycles. The summed E-state index contributed by atoms with van der Waals surface area (Å²) in [7, 11) is 0. The summed E-state index contributed by atoms with van der Waals surface area (Å²) in [6, 6.07) is 17.2. The molecule has 6 heteroatoms. The number of para-hydroxylation sites is 1. The summed E-state index contributed by atoms with van der Waals surface area (Å²) < 4.78 is 0. The van der Waals surface area contributed by atoms with Gasteiger partial charge in [-0.25, -0.2) is 0 Å². The number of anilines is 2. The van der Waals surface area contributed by atoms with Crippen LogP contribution in [-0.2, 0) is 9.59 Å². The highest BCUT2D eigenvalue weighted by Gasteiger charge is 2.58. The lowest BCUT2D eigenvalue weighted by atomic mass is 10.0. The third-order valence-corrected chi connectivity index (χ3v) is 5.64. The van der Waals surface area contributed by atoms with E-state index in [0.29, 0.717) is 36.6 Å². The molecule has 0 bridgehead atoms. The molecule has 0 aromatic heterocycles. The molecule has 5 nitrogen and oxygen atoms in total. The summed E-state index contributed by atoms with van der Waals surface area (Å²) in [5.74, 6) is -0.248. The first-order valence-corrected chi connectivity index (χ1v) is 9.63. The van der Waals surface area contributed by atoms with Crippen LogP contribution in [0, 0.1) is 5.41 Å². The number of halogens is 1. The van der Waals surface area contributed by atoms with Gasteiger partial charge in [0.1, 0.15) is 5.41 Å². The minimum Gasteiger partial charge on any atom is -0.368 e. The zero-order valence-corrected chi connectivity index (χ0v) is 15.8. The van der Waals surface area contributed by atoms with E-state index < -0.39 is 5.41 Å². The van der Waals surface area contributed by atoms with E-state index in [2.05, 4.69) is 22.3 Å². The summed E-state index contributed by atoms with van der Waals surface area (Å²) >= 11 is 5.88. The zero-order chi connectivity index (χ0) is 18.9. The number of benzene rings is 2. The molecule has 4 rings (SSSR count). The van der Waals surface area contributed by atoms with Crippen molar-refractivity contribution in [2.24, 2.45) is 5.41 Å². The van der Waals surface area contributed by atoms with Crippen molar-refractivity contribution in [2.75, 3.05) is 36.4 Å². The molecule has 1 saturated carbocycles. The maximum Gasteiger partial charge on any atom is 0.240 e. The highest BCUT2D eigenvalue weighted by molar-refractivity contribution is 6.30. The van der Waals surface area contributed by atoms with Gasteiger partial charge in [0, 0.05) is 42.6 Å². The van der Waals surface area contributed by atoms with Crippen LogP contribution in [0.4, 0.5) is 11.4 Å². The van der Waals surface area contributed by atoms with Crippen molar-refractivity contribution in [1.82, 2.24) is 4.90 Å². The number of nitrogens with zero attached hydrogens (tertiary/aromatic N) is 2. The van der Waals surface area contributed by atoms with Crippen molar-refractivity contribution in [2.45, 2.75) is 12.8 Å². The van der Waals surface area contributed by atoms with E-state index >= 15 is 0 Å². The molecule has 2 fully saturated rings. The molecule has 0 atom stereocenters. The molecule has 27 heavy (non-hydrogen) atoms. The first kappa shape index (κ1) is 17.9. The molecule has 0 radical (unpaired) electrons. The molecule has 0 spiro atoms. The van der Waals surface area contributed by atoms with Crippen molar-refractivity contribution >= 4 is 34.8 Å². The van der Waals surface area contributed by atoms with Crippen LogP contribution < -0.4 is 10.2 Å². The number of piperazine rings is 1. The second-order valence-electron chi connectivity index (χ2n) is 7.16. The van der Waals surface area contributed by atoms with E-state index in [1.807, 2.05) is 23.1 Å². The number of carbonyl (C=O) groups excluding carboxylic acids is 2. The number of carbonyl (C=O) groups is 2. The lowest BCUT2D eigenvalue weighted by molar-refractivity contribution is -0.142. The van der Waals surface area contributed by atoms with Gasteiger partial charge in [-0.2, -0.15) is 0 Å². The van der Waals surface area contributed by atoms with Crippen LogP contribution in [0.5, 0.6) is 0 Å². The molecule has 1 N–H and O–H groups in total. The Balaban J connectivity index is 1.38. The van der Waals surface area contributed by atoms with Gasteiger partial charge in [0.25, 0.3) is 0 Å². The summed E-state index contributed by atoms with van der Waals surface area (Å²) in [6.07, 6.45) is 1.23. The molecule has 140 valence electrons. The van der Waals surface area contributed by atoms with Crippen LogP contribution in [0.25, 0.3) is 0 Å². The van der Waals surface area contributed by atoms with E-state index in [1.165, 1.54) is 5.69 Å². The summed E-state index contributed by atoms with van der Waals surface area (Å²) in [5, 5.41) is 3.48. The zero-order valence-electron chi connectivity index (χ0n) is 15.0. The van der Waals surface area contributed by atoms with Crippen molar-refractivity contribution < 1.29 is 9.59 Å². The molecule has 1 aliphatic heterocycles. The van der Waals surface area contributed by atoms with Crippen LogP contribution in [0.15, 0.2) is 54.6 Å². The first-order chi connectivity index (χ1) is 13.1. The Kier molecular flexibility index (Phi) is 4.79. The van der Waals surface area contributed by atoms with E-state index in [4.69, 9.17) is 11.6 Å². The van der Waals surface area contributed by atoms with Gasteiger partial charge in [-0.15, -0.1) is 0 Å². The van der Waals surface area contributed by atoms with Crippen LogP contribution in [0.3, 0.4) is 0 Å². The van der Waals surface area contributed by atoms with Gasteiger partial charge in [0.05, 0.1) is 0 Å². The predicted molar refractivity (Wildman–Crippen MR) is 107 cm³/mol. The highest BCUT2D eigenvalue weighted by Crippen LogP contribution is 2.48. The van der Waals surface area contributed by atoms with Crippen molar-refractivity contribution in [1.29, 1.82) is 0 Å². The molecular formula is C21H22ClN3O2. The lowest BCUT2D eigenvalue weighted by Crippen LogP contribution is -2.52. The van der Waals surface area contributed by atoms with E-state index in [1.54, 1.807) is 24.3 Å². The molecule has 2 aromatic rings. The van der Waals surface area contributed by atoms with Gasteiger partial charge >= 0.3 is 0 Å². The van der Waals surface area contributed by atoms with E-state index in [0.717, 1.165) is 13.1 Å². The smallest absolute Gasteiger partial charge is 0.240 e. The Morgan fingerprint density at radius 2 is 1.52 bits per heavy atom. The number of nitrogens with one attached hydrogen (secondary N) is 1. The normalized spacial score (nSPS) is 18.1. The molecule has 1 aliphatic carbocycles. The lowest BCUT2D eigenvalue weighted by Gasteiger charge is -2.37. The second-order valence-corrected chi connectivity index (χ2v) is 7.59. The average molecular weight is 384 g/mol. The largest absolute Gasteiger partial charge is 0.368 e. The maximum atomic E-state index is 13.0. The van der Waals surface area contributed by atoms with Gasteiger partial charge in [0.2, 0.25) is 11.8 Å². The minimum atomic E-state index is -0.894. The SMILES string of the molecule is O=C(Nc1ccc(Cl)cc1)C1(C(=O)N2CCN(c3ccccc3)CC2)CC1. The average Bonchev–Trinajstić information content (AvgIpc) is 3.52. The van der Waals surface area contributed by atoms with Crippen molar-refractivity contribution in [3.05, 3.63) is 59.6 Å². The van der Waals surface area contributed by atoms with Crippen LogP contribution in [0.1, 0.15) is 12.8 Å². The minimum absolute atomic E-state index is 0.0401. The first-order valence-electron chi connectivity index (χ1n) is 9.25. The molecule has 0 unspecified atom stereocenters. The number of hydrogen-bond acceptors (Lipinski definition) is 3. The Labute approximate surface area is 163 Å². The topological polar surface area (TPSA) is 52.7 Å². The summed E-state index contributed by atoms with van der Waals surface area (Å²) in [4.78, 5) is 29.9. The third-order valence-electron chi connectivity index (χ3n) is 5.38. The fraction of sp³-hybridized carbons (Fsp3) is 0.333. The van der Waals surface area contributed by atoms with Crippen LogP contribution in [0.2, 0.25) is 5.02 Å². The molecule has 2 amide bonds. The predicted octanol–water partition coefficient (Wildman–Crippen LogP) is 3.41.